The quantitative estimate of drug-likeness (QED) is 0.580. The lowest BCUT2D eigenvalue weighted by atomic mass is 10.2. The van der Waals surface area contributed by atoms with Gasteiger partial charge in [0.05, 0.1) is 20.4 Å². The van der Waals surface area contributed by atoms with Crippen molar-refractivity contribution in [3.05, 3.63) is 52.5 Å². The molecule has 6 nitrogen and oxygen atoms in total. The number of amides is 1. The van der Waals surface area contributed by atoms with Crippen LogP contribution >= 0.6 is 15.9 Å². The standard InChI is InChI=1S/C17H17BrN2O4/c1-22-15-6-3-12(16(9-15)23-2)10-19-20-17(21)11-24-14-7-4-13(18)5-8-14/h3-10H,11H2,1-2H3,(H,20,21)/b19-10-. The molecular formula is C17H17BrN2O4. The fourth-order valence-electron chi connectivity index (χ4n) is 1.81. The number of hydrazone groups is 1. The summed E-state index contributed by atoms with van der Waals surface area (Å²) in [6, 6.07) is 12.5. The predicted molar refractivity (Wildman–Crippen MR) is 94.9 cm³/mol. The van der Waals surface area contributed by atoms with E-state index < -0.39 is 0 Å². The molecule has 126 valence electrons. The number of hydrogen-bond acceptors (Lipinski definition) is 5. The Balaban J connectivity index is 1.86. The fraction of sp³-hybridized carbons (Fsp3) is 0.176. The number of methoxy groups -OCH3 is 2. The van der Waals surface area contributed by atoms with Gasteiger partial charge in [0.2, 0.25) is 0 Å². The largest absolute Gasteiger partial charge is 0.497 e. The van der Waals surface area contributed by atoms with Crippen molar-refractivity contribution in [1.29, 1.82) is 0 Å². The molecule has 0 aromatic heterocycles. The van der Waals surface area contributed by atoms with Crippen molar-refractivity contribution >= 4 is 28.1 Å². The predicted octanol–water partition coefficient (Wildman–Crippen LogP) is 3.00. The molecule has 0 aliphatic carbocycles. The maximum atomic E-state index is 11.7. The van der Waals surface area contributed by atoms with Crippen LogP contribution in [0.3, 0.4) is 0 Å². The van der Waals surface area contributed by atoms with E-state index in [1.807, 2.05) is 12.1 Å². The Morgan fingerprint density at radius 3 is 2.50 bits per heavy atom. The van der Waals surface area contributed by atoms with Crippen LogP contribution in [0.1, 0.15) is 5.56 Å². The fourth-order valence-corrected chi connectivity index (χ4v) is 2.08. The van der Waals surface area contributed by atoms with Crippen LogP contribution in [0.15, 0.2) is 52.0 Å². The van der Waals surface area contributed by atoms with Gasteiger partial charge in [-0.25, -0.2) is 5.43 Å². The van der Waals surface area contributed by atoms with Crippen LogP contribution in [0.4, 0.5) is 0 Å². The minimum Gasteiger partial charge on any atom is -0.497 e. The number of carbonyl (C=O) groups is 1. The lowest BCUT2D eigenvalue weighted by Crippen LogP contribution is -2.24. The average Bonchev–Trinajstić information content (AvgIpc) is 2.61. The second kappa shape index (κ2) is 8.93. The minimum absolute atomic E-state index is 0.126. The van der Waals surface area contributed by atoms with Crippen molar-refractivity contribution in [3.63, 3.8) is 0 Å². The van der Waals surface area contributed by atoms with Gasteiger partial charge in [-0.1, -0.05) is 15.9 Å². The molecule has 0 fully saturated rings. The Kier molecular flexibility index (Phi) is 6.62. The Morgan fingerprint density at radius 2 is 1.83 bits per heavy atom. The van der Waals surface area contributed by atoms with Crippen LogP contribution in [0.25, 0.3) is 0 Å². The molecule has 2 rings (SSSR count). The van der Waals surface area contributed by atoms with E-state index >= 15 is 0 Å². The van der Waals surface area contributed by atoms with E-state index in [1.165, 1.54) is 6.21 Å². The molecule has 0 unspecified atom stereocenters. The zero-order valence-corrected chi connectivity index (χ0v) is 14.9. The third-order valence-electron chi connectivity index (χ3n) is 3.02. The number of nitrogens with zero attached hydrogens (tertiary/aromatic N) is 1. The molecule has 0 heterocycles. The van der Waals surface area contributed by atoms with Gasteiger partial charge >= 0.3 is 0 Å². The molecule has 2 aromatic carbocycles. The van der Waals surface area contributed by atoms with Crippen LogP contribution in [-0.4, -0.2) is 32.9 Å². The molecule has 0 bridgehead atoms. The Bertz CT molecular complexity index is 717. The van der Waals surface area contributed by atoms with Gasteiger partial charge in [0, 0.05) is 16.1 Å². The zero-order chi connectivity index (χ0) is 17.4. The van der Waals surface area contributed by atoms with Crippen molar-refractivity contribution < 1.29 is 19.0 Å². The third kappa shape index (κ3) is 5.27. The highest BCUT2D eigenvalue weighted by Gasteiger charge is 2.04. The summed E-state index contributed by atoms with van der Waals surface area (Å²) in [5.74, 6) is 1.52. The zero-order valence-electron chi connectivity index (χ0n) is 13.3. The first-order valence-corrected chi connectivity index (χ1v) is 7.84. The van der Waals surface area contributed by atoms with E-state index in [-0.39, 0.29) is 12.5 Å². The Labute approximate surface area is 148 Å². The maximum Gasteiger partial charge on any atom is 0.277 e. The lowest BCUT2D eigenvalue weighted by molar-refractivity contribution is -0.123. The summed E-state index contributed by atoms with van der Waals surface area (Å²) in [4.78, 5) is 11.7. The second-order valence-electron chi connectivity index (χ2n) is 4.64. The monoisotopic (exact) mass is 392 g/mol. The van der Waals surface area contributed by atoms with E-state index in [1.54, 1.807) is 44.6 Å². The normalized spacial score (nSPS) is 10.5. The first-order chi connectivity index (χ1) is 11.6. The Morgan fingerprint density at radius 1 is 1.12 bits per heavy atom. The van der Waals surface area contributed by atoms with Gasteiger partial charge in [-0.15, -0.1) is 0 Å². The van der Waals surface area contributed by atoms with E-state index in [0.29, 0.717) is 22.8 Å². The minimum atomic E-state index is -0.360. The van der Waals surface area contributed by atoms with Gasteiger partial charge in [-0.3, -0.25) is 4.79 Å². The summed E-state index contributed by atoms with van der Waals surface area (Å²) in [5.41, 5.74) is 3.12. The Hall–Kier alpha value is -2.54. The molecule has 0 radical (unpaired) electrons. The van der Waals surface area contributed by atoms with Gasteiger partial charge < -0.3 is 14.2 Å². The summed E-state index contributed by atoms with van der Waals surface area (Å²) in [5, 5.41) is 3.90. The summed E-state index contributed by atoms with van der Waals surface area (Å²) >= 11 is 3.33. The number of ether oxygens (including phenoxy) is 3. The summed E-state index contributed by atoms with van der Waals surface area (Å²) in [6.07, 6.45) is 1.50. The van der Waals surface area contributed by atoms with Crippen LogP contribution in [0.5, 0.6) is 17.2 Å². The van der Waals surface area contributed by atoms with Crippen molar-refractivity contribution in [1.82, 2.24) is 5.43 Å². The molecule has 0 atom stereocenters. The molecule has 0 saturated heterocycles. The first kappa shape index (κ1) is 17.8. The number of nitrogens with one attached hydrogen (secondary N) is 1. The number of halogens is 1. The summed E-state index contributed by atoms with van der Waals surface area (Å²) in [6.45, 7) is -0.126. The van der Waals surface area contributed by atoms with Gasteiger partial charge in [0.1, 0.15) is 17.2 Å². The lowest BCUT2D eigenvalue weighted by Gasteiger charge is -2.07. The van der Waals surface area contributed by atoms with E-state index in [2.05, 4.69) is 26.5 Å². The molecule has 7 heteroatoms. The molecular weight excluding hydrogens is 376 g/mol. The van der Waals surface area contributed by atoms with Crippen molar-refractivity contribution in [2.45, 2.75) is 0 Å². The van der Waals surface area contributed by atoms with Crippen LogP contribution in [0, 0.1) is 0 Å². The van der Waals surface area contributed by atoms with Crippen LogP contribution in [0.2, 0.25) is 0 Å². The molecule has 0 saturated carbocycles. The molecule has 24 heavy (non-hydrogen) atoms. The van der Waals surface area contributed by atoms with Crippen molar-refractivity contribution in [2.75, 3.05) is 20.8 Å². The molecule has 0 spiro atoms. The van der Waals surface area contributed by atoms with Gasteiger partial charge in [0.25, 0.3) is 5.91 Å². The van der Waals surface area contributed by atoms with E-state index in [9.17, 15) is 4.79 Å². The van der Waals surface area contributed by atoms with Gasteiger partial charge in [-0.2, -0.15) is 5.10 Å². The molecule has 0 aliphatic heterocycles. The SMILES string of the molecule is COc1ccc(/C=N\NC(=O)COc2ccc(Br)cc2)c(OC)c1. The smallest absolute Gasteiger partial charge is 0.277 e. The number of hydrogen-bond donors (Lipinski definition) is 1. The second-order valence-corrected chi connectivity index (χ2v) is 5.56. The van der Waals surface area contributed by atoms with E-state index in [4.69, 9.17) is 14.2 Å². The highest BCUT2D eigenvalue weighted by Crippen LogP contribution is 2.23. The highest BCUT2D eigenvalue weighted by molar-refractivity contribution is 9.10. The van der Waals surface area contributed by atoms with Crippen molar-refractivity contribution in [3.8, 4) is 17.2 Å². The number of benzene rings is 2. The van der Waals surface area contributed by atoms with Gasteiger partial charge in [0.15, 0.2) is 6.61 Å². The molecule has 1 amide bonds. The number of rotatable bonds is 7. The summed E-state index contributed by atoms with van der Waals surface area (Å²) < 4.78 is 16.7. The van der Waals surface area contributed by atoms with Crippen molar-refractivity contribution in [2.24, 2.45) is 5.10 Å². The number of carbonyl (C=O) groups excluding carboxylic acids is 1. The molecule has 1 N–H and O–H groups in total. The highest BCUT2D eigenvalue weighted by atomic mass is 79.9. The average molecular weight is 393 g/mol. The van der Waals surface area contributed by atoms with Gasteiger partial charge in [-0.05, 0) is 36.4 Å². The van der Waals surface area contributed by atoms with Crippen LogP contribution < -0.4 is 19.6 Å². The van der Waals surface area contributed by atoms with E-state index in [0.717, 1.165) is 4.47 Å². The maximum absolute atomic E-state index is 11.7. The molecule has 0 aliphatic rings. The first-order valence-electron chi connectivity index (χ1n) is 7.04. The topological polar surface area (TPSA) is 69.2 Å². The third-order valence-corrected chi connectivity index (χ3v) is 3.55. The molecule has 2 aromatic rings. The summed E-state index contributed by atoms with van der Waals surface area (Å²) in [7, 11) is 3.13. The van der Waals surface area contributed by atoms with Crippen LogP contribution in [-0.2, 0) is 4.79 Å².